The van der Waals surface area contributed by atoms with Gasteiger partial charge >= 0.3 is 0 Å². The molecule has 3 heteroatoms. The van der Waals surface area contributed by atoms with Gasteiger partial charge in [-0.05, 0) is 34.9 Å². The Morgan fingerprint density at radius 1 is 1.05 bits per heavy atom. The van der Waals surface area contributed by atoms with Crippen LogP contribution in [0.15, 0.2) is 55.0 Å². The maximum Gasteiger partial charge on any atom is 0.128 e. The van der Waals surface area contributed by atoms with E-state index in [1.807, 2.05) is 30.6 Å². The summed E-state index contributed by atoms with van der Waals surface area (Å²) in [6.07, 6.45) is 6.42. The minimum atomic E-state index is 0.884. The zero-order valence-corrected chi connectivity index (χ0v) is 11.7. The van der Waals surface area contributed by atoms with Crippen LogP contribution < -0.4 is 4.74 Å². The summed E-state index contributed by atoms with van der Waals surface area (Å²) >= 11 is 0. The Kier molecular flexibility index (Phi) is 2.71. The van der Waals surface area contributed by atoms with Crippen molar-refractivity contribution in [2.75, 3.05) is 7.11 Å². The van der Waals surface area contributed by atoms with Crippen molar-refractivity contribution in [3.63, 3.8) is 0 Å². The summed E-state index contributed by atoms with van der Waals surface area (Å²) in [5.74, 6) is 0.884. The Bertz CT molecular complexity index is 813. The number of nitrogens with zero attached hydrogens (tertiary/aromatic N) is 2. The molecule has 21 heavy (non-hydrogen) atoms. The summed E-state index contributed by atoms with van der Waals surface area (Å²) < 4.78 is 5.55. The summed E-state index contributed by atoms with van der Waals surface area (Å²) in [5, 5.41) is 0. The van der Waals surface area contributed by atoms with E-state index in [0.29, 0.717) is 0 Å². The number of aromatic nitrogens is 2. The van der Waals surface area contributed by atoms with Gasteiger partial charge in [0.15, 0.2) is 0 Å². The van der Waals surface area contributed by atoms with E-state index in [1.54, 1.807) is 13.3 Å². The van der Waals surface area contributed by atoms with E-state index in [9.17, 15) is 0 Å². The van der Waals surface area contributed by atoms with Gasteiger partial charge in [0.05, 0.1) is 12.8 Å². The van der Waals surface area contributed by atoms with Gasteiger partial charge in [-0.1, -0.05) is 18.2 Å². The van der Waals surface area contributed by atoms with Crippen molar-refractivity contribution in [3.05, 3.63) is 66.1 Å². The lowest BCUT2D eigenvalue weighted by molar-refractivity contribution is 0.416. The van der Waals surface area contributed by atoms with Crippen molar-refractivity contribution in [1.82, 2.24) is 9.97 Å². The fraction of sp³-hybridized carbons (Fsp3) is 0.111. The van der Waals surface area contributed by atoms with Crippen molar-refractivity contribution in [3.8, 4) is 28.1 Å². The van der Waals surface area contributed by atoms with E-state index in [1.165, 1.54) is 16.7 Å². The third-order valence-corrected chi connectivity index (χ3v) is 3.96. The summed E-state index contributed by atoms with van der Waals surface area (Å²) in [5.41, 5.74) is 7.02. The molecule has 2 aromatic heterocycles. The molecular weight excluding hydrogens is 260 g/mol. The van der Waals surface area contributed by atoms with Crippen LogP contribution >= 0.6 is 0 Å². The van der Waals surface area contributed by atoms with E-state index < -0.39 is 0 Å². The van der Waals surface area contributed by atoms with Crippen LogP contribution in [0.4, 0.5) is 0 Å². The third kappa shape index (κ3) is 1.82. The molecule has 102 valence electrons. The predicted molar refractivity (Wildman–Crippen MR) is 82.3 cm³/mol. The second-order valence-corrected chi connectivity index (χ2v) is 5.10. The molecule has 0 atom stereocenters. The molecule has 0 spiro atoms. The van der Waals surface area contributed by atoms with E-state index >= 15 is 0 Å². The standard InChI is InChI=1S/C18H14N2O/c1-21-16-7-6-14(13-5-2-8-19-11-13)15-10-12-4-3-9-20-18(12)17(15)16/h2-9,11H,10H2,1H3. The second kappa shape index (κ2) is 4.70. The average Bonchev–Trinajstić information content (AvgIpc) is 2.94. The van der Waals surface area contributed by atoms with E-state index in [0.717, 1.165) is 29.0 Å². The molecule has 0 saturated heterocycles. The largest absolute Gasteiger partial charge is 0.496 e. The maximum atomic E-state index is 5.55. The van der Waals surface area contributed by atoms with E-state index in [2.05, 4.69) is 28.2 Å². The number of ether oxygens (including phenoxy) is 1. The number of pyridine rings is 2. The van der Waals surface area contributed by atoms with E-state index in [4.69, 9.17) is 4.74 Å². The number of rotatable bonds is 2. The highest BCUT2D eigenvalue weighted by atomic mass is 16.5. The van der Waals surface area contributed by atoms with Crippen molar-refractivity contribution in [2.45, 2.75) is 6.42 Å². The quantitative estimate of drug-likeness (QED) is 0.558. The molecule has 3 aromatic rings. The van der Waals surface area contributed by atoms with Crippen LogP contribution in [0.1, 0.15) is 11.1 Å². The molecule has 0 bridgehead atoms. The van der Waals surface area contributed by atoms with Gasteiger partial charge in [-0.3, -0.25) is 9.97 Å². The number of methoxy groups -OCH3 is 1. The van der Waals surface area contributed by atoms with Crippen LogP contribution in [0.2, 0.25) is 0 Å². The van der Waals surface area contributed by atoms with Gasteiger partial charge in [-0.25, -0.2) is 0 Å². The van der Waals surface area contributed by atoms with Crippen molar-refractivity contribution in [2.24, 2.45) is 0 Å². The molecule has 3 nitrogen and oxygen atoms in total. The minimum Gasteiger partial charge on any atom is -0.496 e. The first-order chi connectivity index (χ1) is 10.4. The normalized spacial score (nSPS) is 11.9. The fourth-order valence-corrected chi connectivity index (χ4v) is 3.03. The molecule has 0 aliphatic heterocycles. The highest BCUT2D eigenvalue weighted by molar-refractivity contribution is 5.86. The van der Waals surface area contributed by atoms with Crippen LogP contribution in [0, 0.1) is 0 Å². The van der Waals surface area contributed by atoms with Crippen LogP contribution in [-0.4, -0.2) is 17.1 Å². The van der Waals surface area contributed by atoms with Gasteiger partial charge in [0.2, 0.25) is 0 Å². The first-order valence-corrected chi connectivity index (χ1v) is 6.93. The first kappa shape index (κ1) is 12.1. The van der Waals surface area contributed by atoms with Gasteiger partial charge < -0.3 is 4.74 Å². The Morgan fingerprint density at radius 2 is 1.95 bits per heavy atom. The lowest BCUT2D eigenvalue weighted by atomic mass is 9.96. The number of hydrogen-bond donors (Lipinski definition) is 0. The van der Waals surface area contributed by atoms with Gasteiger partial charge in [-0.15, -0.1) is 0 Å². The topological polar surface area (TPSA) is 35.0 Å². The maximum absolute atomic E-state index is 5.55. The zero-order chi connectivity index (χ0) is 14.2. The Labute approximate surface area is 123 Å². The molecule has 2 heterocycles. The van der Waals surface area contributed by atoms with Crippen molar-refractivity contribution >= 4 is 0 Å². The van der Waals surface area contributed by atoms with Crippen LogP contribution in [0.3, 0.4) is 0 Å². The fourth-order valence-electron chi connectivity index (χ4n) is 3.03. The van der Waals surface area contributed by atoms with Gasteiger partial charge in [0.1, 0.15) is 5.75 Å². The molecule has 0 N–H and O–H groups in total. The highest BCUT2D eigenvalue weighted by Gasteiger charge is 2.26. The Hall–Kier alpha value is -2.68. The van der Waals surface area contributed by atoms with Crippen molar-refractivity contribution in [1.29, 1.82) is 0 Å². The van der Waals surface area contributed by atoms with Crippen LogP contribution in [0.25, 0.3) is 22.4 Å². The molecule has 4 rings (SSSR count). The molecule has 0 unspecified atom stereocenters. The minimum absolute atomic E-state index is 0.884. The molecule has 0 saturated carbocycles. The molecule has 1 aromatic carbocycles. The summed E-state index contributed by atoms with van der Waals surface area (Å²) in [4.78, 5) is 8.78. The third-order valence-electron chi connectivity index (χ3n) is 3.96. The second-order valence-electron chi connectivity index (χ2n) is 5.10. The van der Waals surface area contributed by atoms with Crippen LogP contribution in [-0.2, 0) is 6.42 Å². The molecule has 0 radical (unpaired) electrons. The number of hydrogen-bond acceptors (Lipinski definition) is 3. The molecule has 1 aliphatic rings. The number of fused-ring (bicyclic) bond motifs is 3. The smallest absolute Gasteiger partial charge is 0.128 e. The molecule has 0 amide bonds. The predicted octanol–water partition coefficient (Wildman–Crippen LogP) is 3.72. The Balaban J connectivity index is 1.99. The lowest BCUT2D eigenvalue weighted by Crippen LogP contribution is -1.93. The molecule has 0 fully saturated rings. The molecule has 1 aliphatic carbocycles. The summed E-state index contributed by atoms with van der Waals surface area (Å²) in [7, 11) is 1.71. The monoisotopic (exact) mass is 274 g/mol. The summed E-state index contributed by atoms with van der Waals surface area (Å²) in [6.45, 7) is 0. The first-order valence-electron chi connectivity index (χ1n) is 6.93. The highest BCUT2D eigenvalue weighted by Crippen LogP contribution is 2.45. The average molecular weight is 274 g/mol. The lowest BCUT2D eigenvalue weighted by Gasteiger charge is -2.12. The van der Waals surface area contributed by atoms with Gasteiger partial charge in [0, 0.05) is 36.1 Å². The van der Waals surface area contributed by atoms with Crippen LogP contribution in [0.5, 0.6) is 5.75 Å². The SMILES string of the molecule is COc1ccc(-c2cccnc2)c2c1-c1ncccc1C2. The summed E-state index contributed by atoms with van der Waals surface area (Å²) in [6, 6.07) is 12.3. The van der Waals surface area contributed by atoms with Gasteiger partial charge in [0.25, 0.3) is 0 Å². The number of benzene rings is 1. The zero-order valence-electron chi connectivity index (χ0n) is 11.7. The van der Waals surface area contributed by atoms with Crippen molar-refractivity contribution < 1.29 is 4.74 Å². The van der Waals surface area contributed by atoms with Gasteiger partial charge in [-0.2, -0.15) is 0 Å². The molecular formula is C18H14N2O. The van der Waals surface area contributed by atoms with E-state index in [-0.39, 0.29) is 0 Å². The Morgan fingerprint density at radius 3 is 2.76 bits per heavy atom.